The Balaban J connectivity index is 1.86. The Hall–Kier alpha value is -2.02. The number of alkyl halides is 3. The van der Waals surface area contributed by atoms with Crippen LogP contribution in [0.25, 0.3) is 5.69 Å². The number of halogens is 3. The summed E-state index contributed by atoms with van der Waals surface area (Å²) in [5, 5.41) is 7.12. The minimum atomic E-state index is -4.42. The van der Waals surface area contributed by atoms with Crippen LogP contribution in [-0.2, 0) is 6.18 Å². The van der Waals surface area contributed by atoms with Crippen molar-refractivity contribution in [3.05, 3.63) is 42.2 Å². The quantitative estimate of drug-likeness (QED) is 0.946. The molecule has 0 amide bonds. The highest BCUT2D eigenvalue weighted by Crippen LogP contribution is 2.33. The monoisotopic (exact) mass is 297 g/mol. The van der Waals surface area contributed by atoms with Gasteiger partial charge in [-0.2, -0.15) is 18.3 Å². The second kappa shape index (κ2) is 5.40. The number of rotatable bonds is 3. The van der Waals surface area contributed by atoms with Crippen LogP contribution < -0.4 is 10.1 Å². The molecule has 1 atom stereocenters. The van der Waals surface area contributed by atoms with Gasteiger partial charge in [0.15, 0.2) is 5.75 Å². The van der Waals surface area contributed by atoms with E-state index in [0.29, 0.717) is 5.75 Å². The summed E-state index contributed by atoms with van der Waals surface area (Å²) in [4.78, 5) is 0. The summed E-state index contributed by atoms with van der Waals surface area (Å²) >= 11 is 0. The van der Waals surface area contributed by atoms with Crippen molar-refractivity contribution < 1.29 is 17.9 Å². The Bertz CT molecular complexity index is 618. The number of hydrogen-bond donors (Lipinski definition) is 1. The number of para-hydroxylation sites is 1. The zero-order valence-corrected chi connectivity index (χ0v) is 11.1. The summed E-state index contributed by atoms with van der Waals surface area (Å²) in [6.45, 7) is 0.885. The van der Waals surface area contributed by atoms with Crippen LogP contribution in [0.1, 0.15) is 18.4 Å². The first kappa shape index (κ1) is 13.9. The summed E-state index contributed by atoms with van der Waals surface area (Å²) in [5.74, 6) is 0.450. The number of hydrogen-bond acceptors (Lipinski definition) is 3. The number of nitrogens with zero attached hydrogens (tertiary/aromatic N) is 2. The van der Waals surface area contributed by atoms with E-state index in [1.807, 2.05) is 0 Å². The third-order valence-electron chi connectivity index (χ3n) is 3.31. The predicted molar refractivity (Wildman–Crippen MR) is 70.2 cm³/mol. The molecule has 2 heterocycles. The van der Waals surface area contributed by atoms with Crippen LogP contribution in [0.2, 0.25) is 0 Å². The van der Waals surface area contributed by atoms with Crippen LogP contribution in [0.3, 0.4) is 0 Å². The van der Waals surface area contributed by atoms with Crippen molar-refractivity contribution in [3.8, 4) is 11.4 Å². The highest BCUT2D eigenvalue weighted by molar-refractivity contribution is 5.43. The molecule has 0 radical (unpaired) electrons. The topological polar surface area (TPSA) is 39.1 Å². The highest BCUT2D eigenvalue weighted by atomic mass is 19.4. The molecule has 1 aromatic heterocycles. The van der Waals surface area contributed by atoms with E-state index >= 15 is 0 Å². The van der Waals surface area contributed by atoms with Gasteiger partial charge in [-0.1, -0.05) is 12.1 Å². The molecule has 3 rings (SSSR count). The average Bonchev–Trinajstić information content (AvgIpc) is 3.10. The van der Waals surface area contributed by atoms with Gasteiger partial charge in [-0.05, 0) is 31.5 Å². The lowest BCUT2D eigenvalue weighted by Crippen LogP contribution is -2.27. The van der Waals surface area contributed by atoms with Crippen molar-refractivity contribution in [2.24, 2.45) is 0 Å². The Kier molecular flexibility index (Phi) is 3.59. The third-order valence-corrected chi connectivity index (χ3v) is 3.31. The maximum atomic E-state index is 13.0. The largest absolute Gasteiger partial charge is 0.472 e. The lowest BCUT2D eigenvalue weighted by atomic mass is 10.2. The van der Waals surface area contributed by atoms with Gasteiger partial charge in [0.2, 0.25) is 0 Å². The molecule has 0 saturated carbocycles. The van der Waals surface area contributed by atoms with Crippen molar-refractivity contribution in [3.63, 3.8) is 0 Å². The minimum absolute atomic E-state index is 0.0146. The molecular weight excluding hydrogens is 283 g/mol. The van der Waals surface area contributed by atoms with Gasteiger partial charge < -0.3 is 4.74 Å². The fourth-order valence-electron chi connectivity index (χ4n) is 2.33. The van der Waals surface area contributed by atoms with E-state index in [1.54, 1.807) is 6.07 Å². The Labute approximate surface area is 119 Å². The van der Waals surface area contributed by atoms with E-state index in [0.717, 1.165) is 25.5 Å². The van der Waals surface area contributed by atoms with Gasteiger partial charge in [0.25, 0.3) is 0 Å². The second-order valence-corrected chi connectivity index (χ2v) is 4.84. The molecule has 1 unspecified atom stereocenters. The number of benzene rings is 1. The fraction of sp³-hybridized carbons (Fsp3) is 0.357. The zero-order chi connectivity index (χ0) is 14.9. The number of ether oxygens (including phenoxy) is 1. The zero-order valence-electron chi connectivity index (χ0n) is 11.1. The standard InChI is InChI=1S/C14H14F3N3O/c15-14(16,17)11-4-1-2-5-12(11)20-9-10(8-19-20)21-13-6-3-7-18-13/h1-2,4-5,8-9,13,18H,3,6-7H2. The second-order valence-electron chi connectivity index (χ2n) is 4.84. The normalized spacial score (nSPS) is 18.9. The van der Waals surface area contributed by atoms with Crippen LogP contribution in [0.4, 0.5) is 13.2 Å². The van der Waals surface area contributed by atoms with Gasteiger partial charge in [-0.25, -0.2) is 4.68 Å². The maximum absolute atomic E-state index is 13.0. The number of nitrogens with one attached hydrogen (secondary N) is 1. The van der Waals surface area contributed by atoms with Gasteiger partial charge in [0, 0.05) is 0 Å². The summed E-state index contributed by atoms with van der Waals surface area (Å²) in [6.07, 6.45) is 0.273. The molecule has 0 bridgehead atoms. The number of aromatic nitrogens is 2. The first-order valence-electron chi connectivity index (χ1n) is 6.65. The van der Waals surface area contributed by atoms with E-state index in [-0.39, 0.29) is 11.9 Å². The minimum Gasteiger partial charge on any atom is -0.472 e. The maximum Gasteiger partial charge on any atom is 0.418 e. The van der Waals surface area contributed by atoms with Crippen LogP contribution in [0.15, 0.2) is 36.7 Å². The molecular formula is C14H14F3N3O. The van der Waals surface area contributed by atoms with Gasteiger partial charge in [0.1, 0.15) is 6.23 Å². The van der Waals surface area contributed by atoms with E-state index in [4.69, 9.17) is 4.74 Å². The lowest BCUT2D eigenvalue weighted by Gasteiger charge is -2.12. The molecule has 2 aromatic rings. The third kappa shape index (κ3) is 3.02. The first-order chi connectivity index (χ1) is 10.0. The lowest BCUT2D eigenvalue weighted by molar-refractivity contribution is -0.137. The molecule has 1 aliphatic rings. The summed E-state index contributed by atoms with van der Waals surface area (Å²) < 4.78 is 45.8. The molecule has 1 aliphatic heterocycles. The molecule has 0 spiro atoms. The summed E-state index contributed by atoms with van der Waals surface area (Å²) in [7, 11) is 0. The molecule has 1 N–H and O–H groups in total. The average molecular weight is 297 g/mol. The Morgan fingerprint density at radius 3 is 2.81 bits per heavy atom. The van der Waals surface area contributed by atoms with Crippen molar-refractivity contribution in [1.82, 2.24) is 15.1 Å². The Morgan fingerprint density at radius 1 is 1.29 bits per heavy atom. The van der Waals surface area contributed by atoms with Gasteiger partial charge in [-0.3, -0.25) is 5.32 Å². The summed E-state index contributed by atoms with van der Waals surface area (Å²) in [5.41, 5.74) is -0.738. The molecule has 7 heteroatoms. The van der Waals surface area contributed by atoms with Crippen molar-refractivity contribution in [2.75, 3.05) is 6.54 Å². The predicted octanol–water partition coefficient (Wildman–Crippen LogP) is 2.98. The Morgan fingerprint density at radius 2 is 2.10 bits per heavy atom. The van der Waals surface area contributed by atoms with Crippen molar-refractivity contribution in [2.45, 2.75) is 25.2 Å². The summed E-state index contributed by atoms with van der Waals surface area (Å²) in [6, 6.07) is 5.32. The highest BCUT2D eigenvalue weighted by Gasteiger charge is 2.34. The van der Waals surface area contributed by atoms with E-state index < -0.39 is 11.7 Å². The molecule has 4 nitrogen and oxygen atoms in total. The molecule has 21 heavy (non-hydrogen) atoms. The van der Waals surface area contributed by atoms with Crippen molar-refractivity contribution >= 4 is 0 Å². The van der Waals surface area contributed by atoms with Crippen molar-refractivity contribution in [1.29, 1.82) is 0 Å². The van der Waals surface area contributed by atoms with Gasteiger partial charge in [0.05, 0.1) is 23.6 Å². The first-order valence-corrected chi connectivity index (χ1v) is 6.65. The van der Waals surface area contributed by atoms with E-state index in [2.05, 4.69) is 10.4 Å². The molecule has 1 aromatic carbocycles. The smallest absolute Gasteiger partial charge is 0.418 e. The van der Waals surface area contributed by atoms with Gasteiger partial charge >= 0.3 is 6.18 Å². The SMILES string of the molecule is FC(F)(F)c1ccccc1-n1cc(OC2CCCN2)cn1. The van der Waals surface area contributed by atoms with Crippen LogP contribution >= 0.6 is 0 Å². The molecule has 1 saturated heterocycles. The molecule has 0 aliphatic carbocycles. The van der Waals surface area contributed by atoms with Gasteiger partial charge in [-0.15, -0.1) is 0 Å². The fourth-order valence-corrected chi connectivity index (χ4v) is 2.33. The van der Waals surface area contributed by atoms with E-state index in [1.165, 1.54) is 29.2 Å². The molecule has 112 valence electrons. The van der Waals surface area contributed by atoms with E-state index in [9.17, 15) is 13.2 Å². The van der Waals surface area contributed by atoms with Crippen LogP contribution in [0, 0.1) is 0 Å². The van der Waals surface area contributed by atoms with Crippen LogP contribution in [-0.4, -0.2) is 22.6 Å². The van der Waals surface area contributed by atoms with Crippen LogP contribution in [0.5, 0.6) is 5.75 Å². The molecule has 1 fully saturated rings.